The molecule has 1 aromatic rings. The maximum atomic E-state index is 6.13. The van der Waals surface area contributed by atoms with Crippen molar-refractivity contribution >= 4 is 0 Å². The Bertz CT molecular complexity index is 401. The molecule has 0 aliphatic carbocycles. The van der Waals surface area contributed by atoms with E-state index < -0.39 is 0 Å². The normalized spacial score (nSPS) is 24.1. The van der Waals surface area contributed by atoms with Crippen LogP contribution < -0.4 is 5.73 Å². The third-order valence-corrected chi connectivity index (χ3v) is 3.48. The lowest BCUT2D eigenvalue weighted by molar-refractivity contribution is -0.187. The van der Waals surface area contributed by atoms with Crippen molar-refractivity contribution in [2.75, 3.05) is 19.6 Å². The summed E-state index contributed by atoms with van der Waals surface area (Å²) in [5.41, 5.74) is 6.94. The fraction of sp³-hybridized carbons (Fsp3) is 0.667. The lowest BCUT2D eigenvalue weighted by Crippen LogP contribution is -2.58. The van der Waals surface area contributed by atoms with Gasteiger partial charge < -0.3 is 10.5 Å². The molecule has 1 aliphatic rings. The minimum Gasteiger partial charge on any atom is -0.367 e. The molecule has 2 rings (SSSR count). The second kappa shape index (κ2) is 5.19. The van der Waals surface area contributed by atoms with Gasteiger partial charge in [0.1, 0.15) is 0 Å². The fourth-order valence-electron chi connectivity index (χ4n) is 3.15. The van der Waals surface area contributed by atoms with Crippen LogP contribution in [0.4, 0.5) is 0 Å². The van der Waals surface area contributed by atoms with Crippen molar-refractivity contribution in [3.05, 3.63) is 30.1 Å². The van der Waals surface area contributed by atoms with Crippen LogP contribution in [0.2, 0.25) is 0 Å². The molecule has 0 amide bonds. The molecule has 4 nitrogen and oxygen atoms in total. The van der Waals surface area contributed by atoms with Gasteiger partial charge in [-0.05, 0) is 45.4 Å². The van der Waals surface area contributed by atoms with E-state index in [0.717, 1.165) is 13.1 Å². The maximum Gasteiger partial charge on any atom is 0.0761 e. The molecule has 0 spiro atoms. The van der Waals surface area contributed by atoms with Crippen LogP contribution in [-0.2, 0) is 4.74 Å². The number of hydrogen-bond acceptors (Lipinski definition) is 4. The van der Waals surface area contributed by atoms with Gasteiger partial charge in [0, 0.05) is 38.1 Å². The molecule has 1 fully saturated rings. The molecule has 0 aromatic carbocycles. The summed E-state index contributed by atoms with van der Waals surface area (Å²) in [6, 6.07) is 4.32. The van der Waals surface area contributed by atoms with Crippen molar-refractivity contribution in [1.82, 2.24) is 9.88 Å². The van der Waals surface area contributed by atoms with Crippen molar-refractivity contribution in [2.45, 2.75) is 44.9 Å². The SMILES string of the molecule is CC1(C)CN(C(CN)c2ccncc2)CC(C)(C)O1. The van der Waals surface area contributed by atoms with E-state index >= 15 is 0 Å². The number of pyridine rings is 1. The first-order valence-electron chi connectivity index (χ1n) is 6.87. The average Bonchev–Trinajstić information content (AvgIpc) is 2.27. The zero-order valence-electron chi connectivity index (χ0n) is 12.4. The number of nitrogens with two attached hydrogens (primary N) is 1. The molecule has 2 N–H and O–H groups in total. The molecular weight excluding hydrogens is 238 g/mol. The Hall–Kier alpha value is -0.970. The van der Waals surface area contributed by atoms with Crippen LogP contribution in [0.25, 0.3) is 0 Å². The number of aromatic nitrogens is 1. The Labute approximate surface area is 116 Å². The first-order chi connectivity index (χ1) is 8.83. The predicted octanol–water partition coefficient (Wildman–Crippen LogP) is 1.97. The van der Waals surface area contributed by atoms with Gasteiger partial charge in [-0.15, -0.1) is 0 Å². The second-order valence-corrected chi connectivity index (χ2v) is 6.56. The van der Waals surface area contributed by atoms with Crippen molar-refractivity contribution < 1.29 is 4.74 Å². The van der Waals surface area contributed by atoms with Gasteiger partial charge >= 0.3 is 0 Å². The van der Waals surface area contributed by atoms with Crippen molar-refractivity contribution in [3.8, 4) is 0 Å². The van der Waals surface area contributed by atoms with Crippen molar-refractivity contribution in [3.63, 3.8) is 0 Å². The number of nitrogens with zero attached hydrogens (tertiary/aromatic N) is 2. The highest BCUT2D eigenvalue weighted by atomic mass is 16.5. The van der Waals surface area contributed by atoms with Crippen LogP contribution in [0.15, 0.2) is 24.5 Å². The van der Waals surface area contributed by atoms with Gasteiger partial charge in [-0.3, -0.25) is 9.88 Å². The van der Waals surface area contributed by atoms with Crippen LogP contribution in [-0.4, -0.2) is 40.7 Å². The molecule has 1 saturated heterocycles. The number of ether oxygens (including phenoxy) is 1. The Morgan fingerprint density at radius 1 is 1.21 bits per heavy atom. The standard InChI is InChI=1S/C15H25N3O/c1-14(2)10-18(11-15(3,4)19-14)13(9-16)12-5-7-17-8-6-12/h5-8,13H,9-11,16H2,1-4H3. The maximum absolute atomic E-state index is 6.13. The van der Waals surface area contributed by atoms with E-state index in [1.165, 1.54) is 5.56 Å². The molecule has 1 aromatic heterocycles. The zero-order chi connectivity index (χ0) is 14.1. The van der Waals surface area contributed by atoms with Gasteiger partial charge in [0.05, 0.1) is 11.2 Å². The average molecular weight is 263 g/mol. The minimum absolute atomic E-state index is 0.151. The van der Waals surface area contributed by atoms with E-state index in [0.29, 0.717) is 6.54 Å². The molecular formula is C15H25N3O. The molecule has 0 bridgehead atoms. The molecule has 2 heterocycles. The van der Waals surface area contributed by atoms with Crippen LogP contribution in [0.3, 0.4) is 0 Å². The summed E-state index contributed by atoms with van der Waals surface area (Å²) in [6.07, 6.45) is 3.66. The molecule has 0 saturated carbocycles. The third-order valence-electron chi connectivity index (χ3n) is 3.48. The molecule has 0 radical (unpaired) electrons. The molecule has 19 heavy (non-hydrogen) atoms. The summed E-state index contributed by atoms with van der Waals surface area (Å²) < 4.78 is 6.13. The summed E-state index contributed by atoms with van der Waals surface area (Å²) in [6.45, 7) is 10.9. The Morgan fingerprint density at radius 3 is 2.21 bits per heavy atom. The minimum atomic E-state index is -0.151. The van der Waals surface area contributed by atoms with Gasteiger partial charge in [0.2, 0.25) is 0 Å². The quantitative estimate of drug-likeness (QED) is 0.906. The van der Waals surface area contributed by atoms with Crippen LogP contribution in [0.1, 0.15) is 39.3 Å². The molecule has 4 heteroatoms. The highest BCUT2D eigenvalue weighted by Gasteiger charge is 2.40. The number of rotatable bonds is 3. The van der Waals surface area contributed by atoms with Crippen LogP contribution in [0, 0.1) is 0 Å². The molecule has 106 valence electrons. The Balaban J connectivity index is 2.23. The largest absolute Gasteiger partial charge is 0.367 e. The summed E-state index contributed by atoms with van der Waals surface area (Å²) in [7, 11) is 0. The monoisotopic (exact) mass is 263 g/mol. The Morgan fingerprint density at radius 2 is 1.74 bits per heavy atom. The van der Waals surface area contributed by atoms with E-state index in [-0.39, 0.29) is 17.2 Å². The van der Waals surface area contributed by atoms with E-state index in [2.05, 4.69) is 37.6 Å². The van der Waals surface area contributed by atoms with Crippen LogP contribution >= 0.6 is 0 Å². The zero-order valence-corrected chi connectivity index (χ0v) is 12.4. The molecule has 1 unspecified atom stereocenters. The lowest BCUT2D eigenvalue weighted by Gasteiger charge is -2.49. The fourth-order valence-corrected chi connectivity index (χ4v) is 3.15. The highest BCUT2D eigenvalue weighted by molar-refractivity contribution is 5.16. The Kier molecular flexibility index (Phi) is 3.95. The van der Waals surface area contributed by atoms with E-state index in [9.17, 15) is 0 Å². The number of morpholine rings is 1. The molecule has 1 aliphatic heterocycles. The smallest absolute Gasteiger partial charge is 0.0761 e. The van der Waals surface area contributed by atoms with E-state index in [4.69, 9.17) is 10.5 Å². The summed E-state index contributed by atoms with van der Waals surface area (Å²) in [5, 5.41) is 0. The first-order valence-corrected chi connectivity index (χ1v) is 6.87. The van der Waals surface area contributed by atoms with Gasteiger partial charge in [-0.1, -0.05) is 0 Å². The highest BCUT2D eigenvalue weighted by Crippen LogP contribution is 2.32. The third kappa shape index (κ3) is 3.53. The lowest BCUT2D eigenvalue weighted by atomic mass is 9.95. The molecule has 1 atom stereocenters. The van der Waals surface area contributed by atoms with Gasteiger partial charge in [0.25, 0.3) is 0 Å². The summed E-state index contributed by atoms with van der Waals surface area (Å²) in [4.78, 5) is 6.51. The second-order valence-electron chi connectivity index (χ2n) is 6.56. The topological polar surface area (TPSA) is 51.4 Å². The van der Waals surface area contributed by atoms with Gasteiger partial charge in [0.15, 0.2) is 0 Å². The van der Waals surface area contributed by atoms with Crippen LogP contribution in [0.5, 0.6) is 0 Å². The number of hydrogen-bond donors (Lipinski definition) is 1. The van der Waals surface area contributed by atoms with Gasteiger partial charge in [-0.25, -0.2) is 0 Å². The van der Waals surface area contributed by atoms with Crippen molar-refractivity contribution in [1.29, 1.82) is 0 Å². The predicted molar refractivity (Wildman–Crippen MR) is 76.8 cm³/mol. The first kappa shape index (κ1) is 14.4. The van der Waals surface area contributed by atoms with Gasteiger partial charge in [-0.2, -0.15) is 0 Å². The van der Waals surface area contributed by atoms with E-state index in [1.54, 1.807) is 0 Å². The summed E-state index contributed by atoms with van der Waals surface area (Å²) >= 11 is 0. The van der Waals surface area contributed by atoms with Crippen molar-refractivity contribution in [2.24, 2.45) is 5.73 Å². The summed E-state index contributed by atoms with van der Waals surface area (Å²) in [5.74, 6) is 0. The van der Waals surface area contributed by atoms with E-state index in [1.807, 2.05) is 24.5 Å².